The highest BCUT2D eigenvalue weighted by molar-refractivity contribution is 5.88. The van der Waals surface area contributed by atoms with E-state index in [-0.39, 0.29) is 5.69 Å². The molecule has 0 aliphatic carbocycles. The van der Waals surface area contributed by atoms with Crippen molar-refractivity contribution < 1.29 is 18.7 Å². The summed E-state index contributed by atoms with van der Waals surface area (Å²) in [5, 5.41) is 7.88. The number of hydrogen-bond donors (Lipinski definition) is 0. The summed E-state index contributed by atoms with van der Waals surface area (Å²) < 4.78 is 16.9. The maximum atomic E-state index is 11.7. The second-order valence-corrected chi connectivity index (χ2v) is 4.29. The summed E-state index contributed by atoms with van der Waals surface area (Å²) in [5.41, 5.74) is 0.889. The van der Waals surface area contributed by atoms with Crippen molar-refractivity contribution in [2.75, 3.05) is 20.8 Å². The Labute approximate surface area is 116 Å². The smallest absolute Gasteiger partial charge is 0.360 e. The first-order valence-corrected chi connectivity index (χ1v) is 6.20. The van der Waals surface area contributed by atoms with Crippen molar-refractivity contribution in [1.29, 1.82) is 0 Å². The third-order valence-corrected chi connectivity index (χ3v) is 2.86. The monoisotopic (exact) mass is 279 g/mol. The molecule has 0 saturated heterocycles. The van der Waals surface area contributed by atoms with Crippen LogP contribution in [0, 0.1) is 6.92 Å². The highest BCUT2D eigenvalue weighted by Gasteiger charge is 2.20. The second kappa shape index (κ2) is 6.33. The number of hydrogen-bond acceptors (Lipinski definition) is 6. The molecule has 20 heavy (non-hydrogen) atoms. The number of furan rings is 1. The standard InChI is InChI=1S/C13H17N3O4/c1-9-4-5-10(20-9)8-16-11(6-7-18-2)12(14-15-16)13(17)19-3/h4-5H,6-8H2,1-3H3. The van der Waals surface area contributed by atoms with Gasteiger partial charge in [0.25, 0.3) is 0 Å². The van der Waals surface area contributed by atoms with Crippen LogP contribution in [0.25, 0.3) is 0 Å². The molecule has 0 radical (unpaired) electrons. The van der Waals surface area contributed by atoms with Gasteiger partial charge in [0, 0.05) is 13.5 Å². The first-order valence-electron chi connectivity index (χ1n) is 6.20. The summed E-state index contributed by atoms with van der Waals surface area (Å²) in [6, 6.07) is 3.75. The topological polar surface area (TPSA) is 79.4 Å². The number of carbonyl (C=O) groups is 1. The van der Waals surface area contributed by atoms with Gasteiger partial charge in [0.05, 0.1) is 19.4 Å². The van der Waals surface area contributed by atoms with Crippen LogP contribution in [0.1, 0.15) is 27.7 Å². The van der Waals surface area contributed by atoms with E-state index in [2.05, 4.69) is 10.3 Å². The lowest BCUT2D eigenvalue weighted by atomic mass is 10.2. The van der Waals surface area contributed by atoms with Gasteiger partial charge in [0.15, 0.2) is 5.69 Å². The Morgan fingerprint density at radius 2 is 2.20 bits per heavy atom. The Morgan fingerprint density at radius 1 is 1.40 bits per heavy atom. The summed E-state index contributed by atoms with van der Waals surface area (Å²) in [7, 11) is 2.92. The van der Waals surface area contributed by atoms with Gasteiger partial charge in [-0.05, 0) is 19.1 Å². The lowest BCUT2D eigenvalue weighted by Crippen LogP contribution is -2.12. The molecule has 0 N–H and O–H groups in total. The Morgan fingerprint density at radius 3 is 2.80 bits per heavy atom. The van der Waals surface area contributed by atoms with Crippen molar-refractivity contribution in [2.24, 2.45) is 0 Å². The summed E-state index contributed by atoms with van der Waals surface area (Å²) in [6.07, 6.45) is 0.521. The van der Waals surface area contributed by atoms with Gasteiger partial charge in [-0.25, -0.2) is 9.48 Å². The molecule has 0 saturated carbocycles. The van der Waals surface area contributed by atoms with Gasteiger partial charge in [0.1, 0.15) is 18.1 Å². The molecular weight excluding hydrogens is 262 g/mol. The summed E-state index contributed by atoms with van der Waals surface area (Å²) in [5.74, 6) is 1.08. The van der Waals surface area contributed by atoms with Gasteiger partial charge in [-0.1, -0.05) is 5.21 Å². The van der Waals surface area contributed by atoms with Crippen LogP contribution in [0.2, 0.25) is 0 Å². The number of methoxy groups -OCH3 is 2. The van der Waals surface area contributed by atoms with Crippen LogP contribution in [-0.4, -0.2) is 41.8 Å². The molecule has 2 aromatic rings. The molecule has 0 spiro atoms. The first kappa shape index (κ1) is 14.3. The van der Waals surface area contributed by atoms with Crippen LogP contribution in [0.15, 0.2) is 16.5 Å². The number of ether oxygens (including phenoxy) is 2. The Kier molecular flexibility index (Phi) is 4.52. The number of aromatic nitrogens is 3. The van der Waals surface area contributed by atoms with Crippen molar-refractivity contribution in [3.8, 4) is 0 Å². The number of esters is 1. The SMILES string of the molecule is COCCc1c(C(=O)OC)nnn1Cc1ccc(C)o1. The fraction of sp³-hybridized carbons (Fsp3) is 0.462. The molecule has 0 amide bonds. The van der Waals surface area contributed by atoms with E-state index in [1.54, 1.807) is 11.8 Å². The van der Waals surface area contributed by atoms with Crippen LogP contribution in [-0.2, 0) is 22.4 Å². The molecule has 0 atom stereocenters. The van der Waals surface area contributed by atoms with E-state index in [1.807, 2.05) is 19.1 Å². The van der Waals surface area contributed by atoms with E-state index >= 15 is 0 Å². The van der Waals surface area contributed by atoms with E-state index in [4.69, 9.17) is 13.9 Å². The molecule has 0 aromatic carbocycles. The predicted octanol–water partition coefficient (Wildman–Crippen LogP) is 1.20. The van der Waals surface area contributed by atoms with Crippen LogP contribution in [0.5, 0.6) is 0 Å². The van der Waals surface area contributed by atoms with E-state index < -0.39 is 5.97 Å². The molecule has 2 aromatic heterocycles. The summed E-state index contributed by atoms with van der Waals surface area (Å²) in [6.45, 7) is 2.75. The second-order valence-electron chi connectivity index (χ2n) is 4.29. The minimum absolute atomic E-state index is 0.216. The lowest BCUT2D eigenvalue weighted by molar-refractivity contribution is 0.0592. The van der Waals surface area contributed by atoms with Gasteiger partial charge < -0.3 is 13.9 Å². The van der Waals surface area contributed by atoms with Crippen molar-refractivity contribution in [2.45, 2.75) is 19.9 Å². The molecule has 108 valence electrons. The van der Waals surface area contributed by atoms with Crippen molar-refractivity contribution >= 4 is 5.97 Å². The van der Waals surface area contributed by atoms with Gasteiger partial charge in [-0.3, -0.25) is 0 Å². The third kappa shape index (κ3) is 3.05. The van der Waals surface area contributed by atoms with Gasteiger partial charge >= 0.3 is 5.97 Å². The highest BCUT2D eigenvalue weighted by Crippen LogP contribution is 2.13. The largest absolute Gasteiger partial charge is 0.464 e. The first-order chi connectivity index (χ1) is 9.65. The molecule has 0 aliphatic rings. The fourth-order valence-electron chi connectivity index (χ4n) is 1.88. The maximum absolute atomic E-state index is 11.7. The van der Waals surface area contributed by atoms with Gasteiger partial charge in [-0.2, -0.15) is 0 Å². The minimum atomic E-state index is -0.502. The molecule has 7 heteroatoms. The number of rotatable bonds is 6. The molecular formula is C13H17N3O4. The molecule has 0 aliphatic heterocycles. The molecule has 7 nitrogen and oxygen atoms in total. The Hall–Kier alpha value is -2.15. The number of carbonyl (C=O) groups excluding carboxylic acids is 1. The summed E-state index contributed by atoms with van der Waals surface area (Å²) >= 11 is 0. The number of nitrogens with zero attached hydrogens (tertiary/aromatic N) is 3. The lowest BCUT2D eigenvalue weighted by Gasteiger charge is -2.05. The van der Waals surface area contributed by atoms with E-state index in [0.29, 0.717) is 25.3 Å². The van der Waals surface area contributed by atoms with E-state index in [9.17, 15) is 4.79 Å². The average Bonchev–Trinajstić information content (AvgIpc) is 3.03. The van der Waals surface area contributed by atoms with Crippen LogP contribution in [0.4, 0.5) is 0 Å². The van der Waals surface area contributed by atoms with Crippen molar-refractivity contribution in [3.05, 3.63) is 35.0 Å². The van der Waals surface area contributed by atoms with Crippen LogP contribution in [0.3, 0.4) is 0 Å². The van der Waals surface area contributed by atoms with E-state index in [0.717, 1.165) is 11.5 Å². The average molecular weight is 279 g/mol. The van der Waals surface area contributed by atoms with Crippen LogP contribution < -0.4 is 0 Å². The van der Waals surface area contributed by atoms with Crippen molar-refractivity contribution in [3.63, 3.8) is 0 Å². The summed E-state index contributed by atoms with van der Waals surface area (Å²) in [4.78, 5) is 11.7. The maximum Gasteiger partial charge on any atom is 0.360 e. The Bertz CT molecular complexity index is 588. The van der Waals surface area contributed by atoms with Gasteiger partial charge in [-0.15, -0.1) is 5.10 Å². The minimum Gasteiger partial charge on any atom is -0.464 e. The highest BCUT2D eigenvalue weighted by atomic mass is 16.5. The zero-order valence-corrected chi connectivity index (χ0v) is 11.8. The zero-order valence-electron chi connectivity index (χ0n) is 11.8. The molecule has 0 bridgehead atoms. The normalized spacial score (nSPS) is 10.8. The zero-order chi connectivity index (χ0) is 14.5. The van der Waals surface area contributed by atoms with E-state index in [1.165, 1.54) is 7.11 Å². The fourth-order valence-corrected chi connectivity index (χ4v) is 1.88. The van der Waals surface area contributed by atoms with Crippen LogP contribution >= 0.6 is 0 Å². The number of aryl methyl sites for hydroxylation is 1. The molecule has 2 rings (SSSR count). The Balaban J connectivity index is 2.27. The third-order valence-electron chi connectivity index (χ3n) is 2.86. The quantitative estimate of drug-likeness (QED) is 0.739. The molecule has 0 fully saturated rings. The molecule has 0 unspecified atom stereocenters. The predicted molar refractivity (Wildman–Crippen MR) is 69.5 cm³/mol. The molecule has 2 heterocycles. The van der Waals surface area contributed by atoms with Crippen molar-refractivity contribution in [1.82, 2.24) is 15.0 Å². The van der Waals surface area contributed by atoms with Gasteiger partial charge in [0.2, 0.25) is 0 Å².